The van der Waals surface area contributed by atoms with Crippen molar-refractivity contribution in [3.8, 4) is 0 Å². The number of pyridine rings is 1. The van der Waals surface area contributed by atoms with Gasteiger partial charge in [0.05, 0.1) is 16.3 Å². The van der Waals surface area contributed by atoms with Gasteiger partial charge in [-0.25, -0.2) is 9.97 Å². The van der Waals surface area contributed by atoms with Gasteiger partial charge in [-0.1, -0.05) is 6.07 Å². The molecule has 1 aliphatic heterocycles. The molecule has 0 aliphatic carbocycles. The van der Waals surface area contributed by atoms with Gasteiger partial charge in [0.25, 0.3) is 5.91 Å². The first-order valence-electron chi connectivity index (χ1n) is 8.90. The number of nitrogens with zero attached hydrogens (tertiary/aromatic N) is 4. The van der Waals surface area contributed by atoms with Crippen molar-refractivity contribution in [3.05, 3.63) is 46.7 Å². The van der Waals surface area contributed by atoms with Crippen LogP contribution < -0.4 is 5.32 Å². The van der Waals surface area contributed by atoms with Crippen LogP contribution in [-0.2, 0) is 0 Å². The van der Waals surface area contributed by atoms with Crippen LogP contribution in [0.4, 0.5) is 5.95 Å². The number of hydrogen-bond donors (Lipinski definition) is 2. The van der Waals surface area contributed by atoms with E-state index in [1.807, 2.05) is 32.0 Å². The lowest BCUT2D eigenvalue weighted by atomic mass is 10.0. The summed E-state index contributed by atoms with van der Waals surface area (Å²) < 4.78 is 0.810. The van der Waals surface area contributed by atoms with Crippen molar-refractivity contribution in [3.63, 3.8) is 0 Å². The Balaban J connectivity index is 1.65. The molecule has 0 radical (unpaired) electrons. The topological polar surface area (TPSA) is 91.2 Å². The maximum Gasteiger partial charge on any atom is 0.274 e. The molecule has 140 valence electrons. The number of fused-ring (bicyclic) bond motifs is 1. The maximum absolute atomic E-state index is 12.9. The number of likely N-dealkylation sites (tertiary alicyclic amines) is 1. The third-order valence-electron chi connectivity index (χ3n) is 4.73. The van der Waals surface area contributed by atoms with Crippen LogP contribution in [-0.4, -0.2) is 50.6 Å². The molecular formula is C19H21N5O2S. The Morgan fingerprint density at radius 2 is 2.26 bits per heavy atom. The lowest BCUT2D eigenvalue weighted by Gasteiger charge is -2.38. The molecular weight excluding hydrogens is 362 g/mol. The van der Waals surface area contributed by atoms with Gasteiger partial charge < -0.3 is 15.3 Å². The summed E-state index contributed by atoms with van der Waals surface area (Å²) in [4.78, 5) is 29.0. The van der Waals surface area contributed by atoms with Gasteiger partial charge >= 0.3 is 0 Å². The first-order chi connectivity index (χ1) is 13.0. The fraction of sp³-hybridized carbons (Fsp3) is 0.368. The molecule has 0 aromatic carbocycles. The predicted molar refractivity (Wildman–Crippen MR) is 105 cm³/mol. The quantitative estimate of drug-likeness (QED) is 0.704. The fourth-order valence-electron chi connectivity index (χ4n) is 3.17. The van der Waals surface area contributed by atoms with Crippen molar-refractivity contribution in [2.24, 2.45) is 5.92 Å². The molecule has 4 rings (SSSR count). The Kier molecular flexibility index (Phi) is 4.75. The summed E-state index contributed by atoms with van der Waals surface area (Å²) in [6.45, 7) is 5.25. The molecule has 1 saturated heterocycles. The molecule has 3 aromatic rings. The van der Waals surface area contributed by atoms with E-state index in [4.69, 9.17) is 0 Å². The summed E-state index contributed by atoms with van der Waals surface area (Å²) in [6, 6.07) is 5.81. The number of anilines is 1. The highest BCUT2D eigenvalue weighted by Crippen LogP contribution is 2.30. The zero-order valence-electron chi connectivity index (χ0n) is 15.2. The number of aliphatic hydroxyl groups excluding tert-OH is 1. The van der Waals surface area contributed by atoms with E-state index < -0.39 is 0 Å². The summed E-state index contributed by atoms with van der Waals surface area (Å²) in [5.74, 6) is 0.491. The molecule has 3 aromatic heterocycles. The van der Waals surface area contributed by atoms with Gasteiger partial charge in [0.2, 0.25) is 5.95 Å². The van der Waals surface area contributed by atoms with E-state index >= 15 is 0 Å². The second-order valence-electron chi connectivity index (χ2n) is 6.88. The van der Waals surface area contributed by atoms with Gasteiger partial charge in [-0.2, -0.15) is 0 Å². The first kappa shape index (κ1) is 17.8. The number of amides is 1. The van der Waals surface area contributed by atoms with Crippen molar-refractivity contribution in [1.82, 2.24) is 19.9 Å². The van der Waals surface area contributed by atoms with Gasteiger partial charge in [-0.3, -0.25) is 9.78 Å². The number of rotatable bonds is 5. The van der Waals surface area contributed by atoms with Crippen LogP contribution in [0.3, 0.4) is 0 Å². The van der Waals surface area contributed by atoms with E-state index in [9.17, 15) is 9.90 Å². The third-order valence-corrected chi connectivity index (χ3v) is 5.78. The molecule has 2 N–H and O–H groups in total. The lowest BCUT2D eigenvalue weighted by molar-refractivity contribution is 0.0359. The van der Waals surface area contributed by atoms with E-state index in [2.05, 4.69) is 20.3 Å². The highest BCUT2D eigenvalue weighted by molar-refractivity contribution is 7.19. The highest BCUT2D eigenvalue weighted by Gasteiger charge is 2.33. The molecule has 0 spiro atoms. The Bertz CT molecular complexity index is 969. The molecule has 7 nitrogen and oxygen atoms in total. The van der Waals surface area contributed by atoms with Gasteiger partial charge in [0.1, 0.15) is 0 Å². The summed E-state index contributed by atoms with van der Waals surface area (Å²) in [5.41, 5.74) is 2.22. The molecule has 0 saturated carbocycles. The summed E-state index contributed by atoms with van der Waals surface area (Å²) >= 11 is 1.53. The second kappa shape index (κ2) is 7.21. The van der Waals surface area contributed by atoms with Gasteiger partial charge in [0.15, 0.2) is 5.69 Å². The van der Waals surface area contributed by atoms with E-state index in [0.29, 0.717) is 24.7 Å². The van der Waals surface area contributed by atoms with Crippen LogP contribution in [0.25, 0.3) is 10.2 Å². The summed E-state index contributed by atoms with van der Waals surface area (Å²) in [5, 5.41) is 12.5. The second-order valence-corrected chi connectivity index (χ2v) is 8.13. The lowest BCUT2D eigenvalue weighted by Crippen LogP contribution is -2.51. The van der Waals surface area contributed by atoms with E-state index in [0.717, 1.165) is 20.7 Å². The Labute approximate surface area is 161 Å². The van der Waals surface area contributed by atoms with Crippen molar-refractivity contribution in [2.45, 2.75) is 19.9 Å². The van der Waals surface area contributed by atoms with E-state index in [-0.39, 0.29) is 24.5 Å². The first-order valence-corrected chi connectivity index (χ1v) is 9.71. The van der Waals surface area contributed by atoms with Crippen molar-refractivity contribution in [2.75, 3.05) is 25.0 Å². The van der Waals surface area contributed by atoms with Crippen LogP contribution in [0.2, 0.25) is 0 Å². The SMILES string of the molecule is Cc1cc2nc(N[C@@H](C)c3cccnc3)nc(C(=O)N3CC(CO)C3)c2s1. The molecule has 27 heavy (non-hydrogen) atoms. The highest BCUT2D eigenvalue weighted by atomic mass is 32.1. The third kappa shape index (κ3) is 3.50. The molecule has 8 heteroatoms. The Morgan fingerprint density at radius 3 is 2.96 bits per heavy atom. The molecule has 1 atom stereocenters. The predicted octanol–water partition coefficient (Wildman–Crippen LogP) is 2.63. The van der Waals surface area contributed by atoms with Crippen LogP contribution in [0.1, 0.15) is 33.9 Å². The number of hydrogen-bond acceptors (Lipinski definition) is 7. The number of aliphatic hydroxyl groups is 1. The normalized spacial score (nSPS) is 15.6. The molecule has 0 unspecified atom stereocenters. The van der Waals surface area contributed by atoms with Crippen LogP contribution in [0, 0.1) is 12.8 Å². The number of aromatic nitrogens is 3. The van der Waals surface area contributed by atoms with E-state index in [1.54, 1.807) is 17.3 Å². The minimum atomic E-state index is -0.106. The van der Waals surface area contributed by atoms with E-state index in [1.165, 1.54) is 11.3 Å². The number of carbonyl (C=O) groups is 1. The van der Waals surface area contributed by atoms with Gasteiger partial charge in [-0.05, 0) is 31.5 Å². The summed E-state index contributed by atoms with van der Waals surface area (Å²) in [7, 11) is 0. The smallest absolute Gasteiger partial charge is 0.274 e. The average Bonchev–Trinajstić information content (AvgIpc) is 3.00. The number of thiophene rings is 1. The van der Waals surface area contributed by atoms with Crippen LogP contribution in [0.15, 0.2) is 30.6 Å². The molecule has 1 amide bonds. The Hall–Kier alpha value is -2.58. The maximum atomic E-state index is 12.9. The molecule has 4 heterocycles. The number of nitrogens with one attached hydrogen (secondary N) is 1. The fourth-order valence-corrected chi connectivity index (χ4v) is 4.10. The average molecular weight is 383 g/mol. The zero-order valence-corrected chi connectivity index (χ0v) is 16.0. The Morgan fingerprint density at radius 1 is 1.44 bits per heavy atom. The largest absolute Gasteiger partial charge is 0.396 e. The van der Waals surface area contributed by atoms with Crippen molar-refractivity contribution in [1.29, 1.82) is 0 Å². The van der Waals surface area contributed by atoms with Crippen LogP contribution >= 0.6 is 11.3 Å². The minimum Gasteiger partial charge on any atom is -0.396 e. The standard InChI is InChI=1S/C19H21N5O2S/c1-11-6-15-17(27-11)16(18(26)24-8-13(9-24)10-25)23-19(22-15)21-12(2)14-4-3-5-20-7-14/h3-7,12-13,25H,8-10H2,1-2H3,(H,21,22,23)/t12-/m0/s1. The monoisotopic (exact) mass is 383 g/mol. The van der Waals surface area contributed by atoms with Crippen LogP contribution in [0.5, 0.6) is 0 Å². The molecule has 1 fully saturated rings. The number of aryl methyl sites for hydroxylation is 1. The van der Waals surface area contributed by atoms with Crippen molar-refractivity contribution < 1.29 is 9.90 Å². The molecule has 0 bridgehead atoms. The minimum absolute atomic E-state index is 0.0402. The van der Waals surface area contributed by atoms with Gasteiger partial charge in [-0.15, -0.1) is 11.3 Å². The summed E-state index contributed by atoms with van der Waals surface area (Å²) in [6.07, 6.45) is 3.53. The number of carbonyl (C=O) groups excluding carboxylic acids is 1. The van der Waals surface area contributed by atoms with Crippen molar-refractivity contribution >= 4 is 33.4 Å². The van der Waals surface area contributed by atoms with Gasteiger partial charge in [0, 0.05) is 42.9 Å². The molecule has 1 aliphatic rings. The zero-order chi connectivity index (χ0) is 19.0.